The quantitative estimate of drug-likeness (QED) is 0.896. The minimum absolute atomic E-state index is 0.468. The maximum Gasteiger partial charge on any atom is 0.408 e. The van der Waals surface area contributed by atoms with Crippen molar-refractivity contribution in [3.05, 3.63) is 28.5 Å². The van der Waals surface area contributed by atoms with Crippen LogP contribution in [0.5, 0.6) is 0 Å². The molecule has 2 N–H and O–H groups in total. The highest BCUT2D eigenvalue weighted by atomic mass is 79.9. The van der Waals surface area contributed by atoms with Gasteiger partial charge >= 0.3 is 6.09 Å². The molecule has 1 saturated carbocycles. The van der Waals surface area contributed by atoms with Crippen LogP contribution in [0.1, 0.15) is 32.0 Å². The summed E-state index contributed by atoms with van der Waals surface area (Å²) < 4.78 is 0.980. The molecule has 1 aliphatic carbocycles. The Kier molecular flexibility index (Phi) is 3.20. The lowest BCUT2D eigenvalue weighted by molar-refractivity contribution is 0.0175. The lowest BCUT2D eigenvalue weighted by Crippen LogP contribution is -2.53. The second-order valence-electron chi connectivity index (χ2n) is 5.16. The first kappa shape index (κ1) is 13.4. The molecule has 106 valence electrons. The fourth-order valence-corrected chi connectivity index (χ4v) is 3.33. The maximum atomic E-state index is 11.5. The summed E-state index contributed by atoms with van der Waals surface area (Å²) in [4.78, 5) is 20.9. The Morgan fingerprint density at radius 3 is 2.85 bits per heavy atom. The highest BCUT2D eigenvalue weighted by molar-refractivity contribution is 9.10. The van der Waals surface area contributed by atoms with Crippen molar-refractivity contribution in [1.29, 1.82) is 0 Å². The average Bonchev–Trinajstić information content (AvgIpc) is 2.75. The van der Waals surface area contributed by atoms with Crippen molar-refractivity contribution in [3.8, 4) is 0 Å². The van der Waals surface area contributed by atoms with E-state index >= 15 is 0 Å². The van der Waals surface area contributed by atoms with Gasteiger partial charge in [-0.3, -0.25) is 4.90 Å². The first-order chi connectivity index (χ1) is 9.56. The number of amides is 1. The van der Waals surface area contributed by atoms with Gasteiger partial charge in [0.1, 0.15) is 11.4 Å². The van der Waals surface area contributed by atoms with Gasteiger partial charge in [-0.25, -0.2) is 9.78 Å². The summed E-state index contributed by atoms with van der Waals surface area (Å²) in [5, 5.41) is 9.43. The zero-order valence-electron chi connectivity index (χ0n) is 11.2. The van der Waals surface area contributed by atoms with Crippen molar-refractivity contribution in [2.45, 2.75) is 31.7 Å². The predicted molar refractivity (Wildman–Crippen MR) is 79.7 cm³/mol. The summed E-state index contributed by atoms with van der Waals surface area (Å²) >= 11 is 3.44. The number of imidazole rings is 1. The first-order valence-electron chi connectivity index (χ1n) is 6.73. The second kappa shape index (κ2) is 4.77. The Balaban J connectivity index is 2.09. The van der Waals surface area contributed by atoms with E-state index in [0.29, 0.717) is 6.54 Å². The molecule has 0 saturated heterocycles. The van der Waals surface area contributed by atoms with Crippen molar-refractivity contribution in [2.75, 3.05) is 6.54 Å². The number of benzene rings is 1. The molecule has 0 bridgehead atoms. The normalized spacial score (nSPS) is 16.9. The Morgan fingerprint density at radius 1 is 1.55 bits per heavy atom. The van der Waals surface area contributed by atoms with E-state index in [2.05, 4.69) is 25.9 Å². The molecule has 1 aromatic carbocycles. The largest absolute Gasteiger partial charge is 0.465 e. The zero-order valence-corrected chi connectivity index (χ0v) is 12.8. The SMILES string of the molecule is CCN(C(=O)O)C1(c2nc3ccc(Br)cc3[nH]2)CCC1. The Labute approximate surface area is 125 Å². The third-order valence-corrected chi connectivity index (χ3v) is 4.62. The van der Waals surface area contributed by atoms with Gasteiger partial charge in [0.25, 0.3) is 0 Å². The topological polar surface area (TPSA) is 69.2 Å². The molecule has 0 spiro atoms. The van der Waals surface area contributed by atoms with E-state index in [-0.39, 0.29) is 0 Å². The summed E-state index contributed by atoms with van der Waals surface area (Å²) in [6, 6.07) is 5.84. The van der Waals surface area contributed by atoms with E-state index in [1.54, 1.807) is 0 Å². The number of rotatable bonds is 3. The number of H-pyrrole nitrogens is 1. The summed E-state index contributed by atoms with van der Waals surface area (Å²) in [6.45, 7) is 2.34. The van der Waals surface area contributed by atoms with Crippen LogP contribution >= 0.6 is 15.9 Å². The highest BCUT2D eigenvalue weighted by Gasteiger charge is 2.48. The number of halogens is 1. The third-order valence-electron chi connectivity index (χ3n) is 4.13. The number of aromatic nitrogens is 2. The fraction of sp³-hybridized carbons (Fsp3) is 0.429. The zero-order chi connectivity index (χ0) is 14.3. The predicted octanol–water partition coefficient (Wildman–Crippen LogP) is 3.70. The summed E-state index contributed by atoms with van der Waals surface area (Å²) in [5.74, 6) is 0.765. The van der Waals surface area contributed by atoms with Crippen LogP contribution in [0.4, 0.5) is 4.79 Å². The second-order valence-corrected chi connectivity index (χ2v) is 6.07. The smallest absolute Gasteiger partial charge is 0.408 e. The molecule has 1 heterocycles. The first-order valence-corrected chi connectivity index (χ1v) is 7.52. The summed E-state index contributed by atoms with van der Waals surface area (Å²) in [7, 11) is 0. The van der Waals surface area contributed by atoms with E-state index in [4.69, 9.17) is 0 Å². The van der Waals surface area contributed by atoms with Crippen LogP contribution in [0.3, 0.4) is 0 Å². The van der Waals surface area contributed by atoms with E-state index in [1.165, 1.54) is 4.90 Å². The van der Waals surface area contributed by atoms with E-state index in [0.717, 1.165) is 40.6 Å². The fourth-order valence-electron chi connectivity index (χ4n) is 2.97. The maximum absolute atomic E-state index is 11.5. The number of hydrogen-bond acceptors (Lipinski definition) is 2. The van der Waals surface area contributed by atoms with Crippen LogP contribution in [0.15, 0.2) is 22.7 Å². The molecular formula is C14H16BrN3O2. The lowest BCUT2D eigenvalue weighted by Gasteiger charge is -2.47. The van der Waals surface area contributed by atoms with Crippen molar-refractivity contribution in [3.63, 3.8) is 0 Å². The van der Waals surface area contributed by atoms with Gasteiger partial charge in [-0.15, -0.1) is 0 Å². The van der Waals surface area contributed by atoms with E-state index in [1.807, 2.05) is 25.1 Å². The Morgan fingerprint density at radius 2 is 2.30 bits per heavy atom. The molecule has 1 aliphatic rings. The molecule has 2 aromatic rings. The van der Waals surface area contributed by atoms with Crippen molar-refractivity contribution >= 4 is 33.1 Å². The molecule has 0 radical (unpaired) electrons. The monoisotopic (exact) mass is 337 g/mol. The minimum Gasteiger partial charge on any atom is -0.465 e. The number of aromatic amines is 1. The lowest BCUT2D eigenvalue weighted by atomic mass is 9.74. The summed E-state index contributed by atoms with van der Waals surface area (Å²) in [5.41, 5.74) is 1.32. The van der Waals surface area contributed by atoms with Gasteiger partial charge in [-0.05, 0) is 44.4 Å². The van der Waals surface area contributed by atoms with Gasteiger partial charge in [-0.1, -0.05) is 15.9 Å². The molecule has 6 heteroatoms. The van der Waals surface area contributed by atoms with Crippen molar-refractivity contribution in [1.82, 2.24) is 14.9 Å². The molecule has 20 heavy (non-hydrogen) atoms. The molecule has 0 aliphatic heterocycles. The molecule has 1 aromatic heterocycles. The third kappa shape index (κ3) is 1.90. The van der Waals surface area contributed by atoms with Gasteiger partial charge < -0.3 is 10.1 Å². The molecule has 5 nitrogen and oxygen atoms in total. The van der Waals surface area contributed by atoms with Gasteiger partial charge in [-0.2, -0.15) is 0 Å². The van der Waals surface area contributed by atoms with E-state index in [9.17, 15) is 9.90 Å². The van der Waals surface area contributed by atoms with E-state index < -0.39 is 11.6 Å². The molecule has 1 amide bonds. The van der Waals surface area contributed by atoms with Crippen LogP contribution in [-0.2, 0) is 5.54 Å². The molecular weight excluding hydrogens is 322 g/mol. The molecule has 1 fully saturated rings. The van der Waals surface area contributed by atoms with Crippen LogP contribution in [-0.4, -0.2) is 32.6 Å². The van der Waals surface area contributed by atoms with Crippen molar-refractivity contribution in [2.24, 2.45) is 0 Å². The molecule has 0 unspecified atom stereocenters. The van der Waals surface area contributed by atoms with Crippen LogP contribution in [0, 0.1) is 0 Å². The Hall–Kier alpha value is -1.56. The standard InChI is InChI=1S/C14H16BrN3O2/c1-2-18(13(19)20)14(6-3-7-14)12-16-10-5-4-9(15)8-11(10)17-12/h4-5,8H,2-3,6-7H2,1H3,(H,16,17)(H,19,20). The van der Waals surface area contributed by atoms with Gasteiger partial charge in [0.15, 0.2) is 0 Å². The Bertz CT molecular complexity index is 663. The number of hydrogen-bond donors (Lipinski definition) is 2. The molecule has 3 rings (SSSR count). The van der Waals surface area contributed by atoms with Gasteiger partial charge in [0.2, 0.25) is 0 Å². The van der Waals surface area contributed by atoms with Crippen molar-refractivity contribution < 1.29 is 9.90 Å². The minimum atomic E-state index is -0.881. The number of fused-ring (bicyclic) bond motifs is 1. The highest BCUT2D eigenvalue weighted by Crippen LogP contribution is 2.45. The van der Waals surface area contributed by atoms with Crippen LogP contribution in [0.25, 0.3) is 11.0 Å². The number of carbonyl (C=O) groups is 1. The summed E-state index contributed by atoms with van der Waals surface area (Å²) in [6.07, 6.45) is 1.81. The number of nitrogens with zero attached hydrogens (tertiary/aromatic N) is 2. The van der Waals surface area contributed by atoms with Crippen LogP contribution in [0.2, 0.25) is 0 Å². The van der Waals surface area contributed by atoms with Gasteiger partial charge in [0.05, 0.1) is 11.0 Å². The number of nitrogens with one attached hydrogen (secondary N) is 1. The van der Waals surface area contributed by atoms with Gasteiger partial charge in [0, 0.05) is 11.0 Å². The van der Waals surface area contributed by atoms with Crippen LogP contribution < -0.4 is 0 Å². The number of carboxylic acid groups (broad SMARTS) is 1. The molecule has 0 atom stereocenters. The average molecular weight is 338 g/mol.